The molecule has 0 radical (unpaired) electrons. The minimum atomic E-state index is -0.965. The average molecular weight is 1100 g/mol. The number of nitrogens with one attached hydrogen (secondary N) is 4. The number of carboxylic acids is 1. The van der Waals surface area contributed by atoms with Crippen LogP contribution in [0.25, 0.3) is 0 Å². The van der Waals surface area contributed by atoms with Gasteiger partial charge in [-0.25, -0.2) is 9.59 Å². The quantitative estimate of drug-likeness (QED) is 0.0322. The topological polar surface area (TPSA) is 194 Å². The van der Waals surface area contributed by atoms with E-state index >= 15 is 0 Å². The number of hydrogen-bond donors (Lipinski definition) is 5. The molecule has 2 unspecified atom stereocenters. The maximum atomic E-state index is 12.6. The van der Waals surface area contributed by atoms with Gasteiger partial charge in [0.05, 0.1) is 48.3 Å². The number of methoxy groups -OCH3 is 3. The van der Waals surface area contributed by atoms with Gasteiger partial charge in [0.25, 0.3) is 11.8 Å². The SMILES string of the molecule is COCCC1(C(=S)NC(Cc2ccc(NC(=O)c3c(Cl)cccc3Cl)cc2)C(=O)O)CCCC1.COCCC1(C(=S)NC(Cc2ccc(NC(=O)c3c(Cl)cccc3Cl)cc2)C(=O)OC)CCCC1.[Na+].[OH-]. The smallest absolute Gasteiger partial charge is 0.870 e. The average Bonchev–Trinajstić information content (AvgIpc) is 4.03. The molecule has 2 fully saturated rings. The van der Waals surface area contributed by atoms with E-state index in [2.05, 4.69) is 21.3 Å². The van der Waals surface area contributed by atoms with Gasteiger partial charge in [0, 0.05) is 62.5 Å². The van der Waals surface area contributed by atoms with E-state index in [1.807, 2.05) is 12.1 Å². The fourth-order valence-corrected chi connectivity index (χ4v) is 10.8. The molecule has 2 aliphatic rings. The zero-order valence-electron chi connectivity index (χ0n) is 40.2. The molecule has 0 heterocycles. The van der Waals surface area contributed by atoms with Crippen LogP contribution in [0, 0.1) is 10.8 Å². The van der Waals surface area contributed by atoms with E-state index < -0.39 is 29.9 Å². The van der Waals surface area contributed by atoms with Crippen molar-refractivity contribution in [3.63, 3.8) is 0 Å². The number of ether oxygens (including phenoxy) is 3. The standard InChI is InChI=1S/C26H30Cl2N2O4S.C25H28Cl2N2O4S.Na.H2O/c1-33-15-14-26(12-3-4-13-26)25(35)30-21(24(32)34-2)16-17-8-10-18(11-9-17)29-23(31)22-19(27)6-5-7-20(22)28;1-33-14-13-25(11-2-3-12-25)24(34)29-20(23(31)32)15-16-7-9-17(10-8-16)28-22(30)21-18(26)5-4-6-19(21)27;;/h5-11,21H,3-4,12-16H2,1-2H3,(H,29,31)(H,30,35);4-10,20H,2-3,11-15H2,1H3,(H,28,30)(H,29,34)(H,31,32);;1H2/q;;+1;/p-1. The number of esters is 1. The number of carbonyl (C=O) groups is 4. The number of benzene rings is 4. The van der Waals surface area contributed by atoms with Crippen molar-refractivity contribution in [3.05, 3.63) is 127 Å². The van der Waals surface area contributed by atoms with Crippen LogP contribution in [-0.4, -0.2) is 90.9 Å². The zero-order valence-corrected chi connectivity index (χ0v) is 46.9. The number of thiocarbonyl (C=S) groups is 2. The van der Waals surface area contributed by atoms with Crippen molar-refractivity contribution in [2.45, 2.75) is 89.1 Å². The summed E-state index contributed by atoms with van der Waals surface area (Å²) in [5.41, 5.74) is 2.89. The van der Waals surface area contributed by atoms with Gasteiger partial charge in [-0.3, -0.25) is 9.59 Å². The fraction of sp³-hybridized carbons (Fsp3) is 0.412. The van der Waals surface area contributed by atoms with Gasteiger partial charge in [0.1, 0.15) is 12.1 Å². The molecule has 20 heteroatoms. The summed E-state index contributed by atoms with van der Waals surface area (Å²) in [5.74, 6) is -2.16. The van der Waals surface area contributed by atoms with Crippen LogP contribution in [0.1, 0.15) is 96.1 Å². The third-order valence-corrected chi connectivity index (χ3v) is 15.1. The number of carboxylic acid groups (broad SMARTS) is 1. The van der Waals surface area contributed by atoms with Crippen molar-refractivity contribution < 1.29 is 73.5 Å². The first-order valence-corrected chi connectivity index (χ1v) is 25.0. The Kier molecular flexibility index (Phi) is 26.2. The van der Waals surface area contributed by atoms with E-state index in [0.717, 1.165) is 75.3 Å². The van der Waals surface area contributed by atoms with E-state index in [9.17, 15) is 24.3 Å². The Labute approximate surface area is 468 Å². The van der Waals surface area contributed by atoms with E-state index in [4.69, 9.17) is 85.1 Å². The largest absolute Gasteiger partial charge is 1.00 e. The first-order chi connectivity index (χ1) is 33.0. The molecule has 0 saturated heterocycles. The second kappa shape index (κ2) is 30.1. The Bertz CT molecular complexity index is 2400. The summed E-state index contributed by atoms with van der Waals surface area (Å²) in [6.07, 6.45) is 10.5. The molecular formula is C51H59Cl4N4NaO9S2. The van der Waals surface area contributed by atoms with Crippen LogP contribution in [-0.2, 0) is 36.6 Å². The summed E-state index contributed by atoms with van der Waals surface area (Å²) in [6, 6.07) is 22.5. The molecule has 0 bridgehead atoms. The van der Waals surface area contributed by atoms with Gasteiger partial charge >= 0.3 is 41.5 Å². The van der Waals surface area contributed by atoms with Crippen LogP contribution in [0.4, 0.5) is 11.4 Å². The first-order valence-electron chi connectivity index (χ1n) is 22.6. The van der Waals surface area contributed by atoms with Crippen molar-refractivity contribution in [2.75, 3.05) is 45.2 Å². The Hall–Kier alpha value is -3.42. The fourth-order valence-electron chi connectivity index (χ4n) is 8.77. The molecule has 6 N–H and O–H groups in total. The molecule has 2 saturated carbocycles. The molecule has 2 amide bonds. The molecule has 378 valence electrons. The summed E-state index contributed by atoms with van der Waals surface area (Å²) in [6.45, 7) is 1.21. The number of carbonyl (C=O) groups excluding carboxylic acids is 3. The Morgan fingerprint density at radius 3 is 1.25 bits per heavy atom. The molecule has 0 spiro atoms. The molecule has 0 aliphatic heterocycles. The van der Waals surface area contributed by atoms with Gasteiger partial charge in [-0.2, -0.15) is 0 Å². The molecule has 0 aromatic heterocycles. The van der Waals surface area contributed by atoms with Crippen molar-refractivity contribution in [3.8, 4) is 0 Å². The summed E-state index contributed by atoms with van der Waals surface area (Å²) >= 11 is 35.9. The number of anilines is 2. The normalized spacial score (nSPS) is 15.0. The number of rotatable bonds is 20. The summed E-state index contributed by atoms with van der Waals surface area (Å²) in [4.78, 5) is 51.0. The van der Waals surface area contributed by atoms with E-state index in [1.165, 1.54) is 7.11 Å². The third-order valence-electron chi connectivity index (χ3n) is 12.7. The molecule has 13 nitrogen and oxygen atoms in total. The number of aliphatic carboxylic acids is 1. The monoisotopic (exact) mass is 1100 g/mol. The van der Waals surface area contributed by atoms with Gasteiger partial charge < -0.3 is 46.1 Å². The van der Waals surface area contributed by atoms with Crippen molar-refractivity contribution in [1.29, 1.82) is 0 Å². The predicted octanol–water partition coefficient (Wildman–Crippen LogP) is 8.43. The maximum Gasteiger partial charge on any atom is 1.00 e. The van der Waals surface area contributed by atoms with Crippen molar-refractivity contribution in [1.82, 2.24) is 10.6 Å². The van der Waals surface area contributed by atoms with Gasteiger partial charge in [-0.15, -0.1) is 0 Å². The Morgan fingerprint density at radius 1 is 0.592 bits per heavy atom. The number of hydrogen-bond acceptors (Lipinski definition) is 10. The zero-order chi connectivity index (χ0) is 50.1. The van der Waals surface area contributed by atoms with Crippen LogP contribution < -0.4 is 50.8 Å². The van der Waals surface area contributed by atoms with Gasteiger partial charge in [0.15, 0.2) is 0 Å². The molecule has 4 aromatic rings. The second-order valence-electron chi connectivity index (χ2n) is 17.3. The van der Waals surface area contributed by atoms with Crippen LogP contribution in [0.15, 0.2) is 84.9 Å². The summed E-state index contributed by atoms with van der Waals surface area (Å²) in [7, 11) is 4.72. The van der Waals surface area contributed by atoms with Crippen LogP contribution >= 0.6 is 70.8 Å². The number of amides is 2. The van der Waals surface area contributed by atoms with Crippen molar-refractivity contribution >= 4 is 116 Å². The van der Waals surface area contributed by atoms with Crippen LogP contribution in [0.2, 0.25) is 20.1 Å². The van der Waals surface area contributed by atoms with E-state index in [0.29, 0.717) is 41.0 Å². The first kappa shape index (κ1) is 61.9. The maximum absolute atomic E-state index is 12.6. The van der Waals surface area contributed by atoms with Crippen LogP contribution in [0.5, 0.6) is 0 Å². The molecule has 4 aromatic carbocycles. The van der Waals surface area contributed by atoms with Gasteiger partial charge in [0.2, 0.25) is 0 Å². The van der Waals surface area contributed by atoms with E-state index in [-0.39, 0.29) is 89.5 Å². The third kappa shape index (κ3) is 17.3. The van der Waals surface area contributed by atoms with Crippen LogP contribution in [0.3, 0.4) is 0 Å². The summed E-state index contributed by atoms with van der Waals surface area (Å²) < 4.78 is 15.6. The predicted molar refractivity (Wildman–Crippen MR) is 285 cm³/mol. The molecular weight excluding hydrogens is 1040 g/mol. The molecule has 71 heavy (non-hydrogen) atoms. The second-order valence-corrected chi connectivity index (χ2v) is 19.7. The summed E-state index contributed by atoms with van der Waals surface area (Å²) in [5, 5.41) is 22.9. The number of halogens is 4. The van der Waals surface area contributed by atoms with Gasteiger partial charge in [-0.1, -0.05) is 133 Å². The molecule has 2 atom stereocenters. The van der Waals surface area contributed by atoms with E-state index in [1.54, 1.807) is 87.0 Å². The van der Waals surface area contributed by atoms with Crippen molar-refractivity contribution in [2.24, 2.45) is 10.8 Å². The minimum Gasteiger partial charge on any atom is -0.870 e. The van der Waals surface area contributed by atoms with Gasteiger partial charge in [-0.05, 0) is 98.2 Å². The molecule has 2 aliphatic carbocycles. The minimum absolute atomic E-state index is 0. The molecule has 6 rings (SSSR count). The Balaban J connectivity index is 0.000000365. The Morgan fingerprint density at radius 2 is 0.930 bits per heavy atom.